The summed E-state index contributed by atoms with van der Waals surface area (Å²) in [5, 5.41) is 0. The molecule has 280 valence electrons. The Morgan fingerprint density at radius 1 is 0.660 bits per heavy atom. The van der Waals surface area contributed by atoms with Crippen molar-refractivity contribution in [3.05, 3.63) is 11.6 Å². The van der Waals surface area contributed by atoms with Gasteiger partial charge in [0.05, 0.1) is 6.61 Å². The van der Waals surface area contributed by atoms with Crippen LogP contribution in [0, 0.1) is 5.92 Å². The highest BCUT2D eigenvalue weighted by molar-refractivity contribution is 6.76. The van der Waals surface area contributed by atoms with Crippen LogP contribution in [0.4, 0.5) is 74.6 Å². The Bertz CT molecular complexity index is 1080. The summed E-state index contributed by atoms with van der Waals surface area (Å²) in [5.74, 6) is -57.9. The number of halogens is 17. The summed E-state index contributed by atoms with van der Waals surface area (Å²) in [6, 6.07) is -1.28. The Morgan fingerprint density at radius 2 is 1.04 bits per heavy atom. The minimum atomic E-state index is -8.66. The van der Waals surface area contributed by atoms with Crippen molar-refractivity contribution in [1.29, 1.82) is 0 Å². The molecule has 0 amide bonds. The van der Waals surface area contributed by atoms with Crippen molar-refractivity contribution in [2.45, 2.75) is 126 Å². The van der Waals surface area contributed by atoms with E-state index in [2.05, 4.69) is 0 Å². The number of hydrogen-bond acceptors (Lipinski definition) is 3. The smallest absolute Gasteiger partial charge is 0.460 e. The van der Waals surface area contributed by atoms with E-state index in [4.69, 9.17) is 9.16 Å². The van der Waals surface area contributed by atoms with Crippen LogP contribution in [0.2, 0.25) is 17.1 Å². The fraction of sp³-hybridized carbons (Fsp3) is 0.885. The molecule has 0 radical (unpaired) electrons. The summed E-state index contributed by atoms with van der Waals surface area (Å²) in [4.78, 5) is 11.9. The zero-order valence-corrected chi connectivity index (χ0v) is 27.0. The Hall–Kier alpha value is -1.80. The number of esters is 1. The van der Waals surface area contributed by atoms with Gasteiger partial charge in [-0.15, -0.1) is 0 Å². The molecule has 3 nitrogen and oxygen atoms in total. The van der Waals surface area contributed by atoms with Crippen molar-refractivity contribution in [2.24, 2.45) is 5.92 Å². The minimum Gasteiger partial charge on any atom is -0.463 e. The van der Waals surface area contributed by atoms with Crippen LogP contribution in [-0.2, 0) is 14.0 Å². The van der Waals surface area contributed by atoms with Gasteiger partial charge < -0.3 is 9.16 Å². The number of alkyl halides is 17. The number of carbonyl (C=O) groups excluding carboxylic acids is 1. The predicted molar refractivity (Wildman–Crippen MR) is 136 cm³/mol. The fourth-order valence-electron chi connectivity index (χ4n) is 4.57. The number of ether oxygens (including phenoxy) is 1. The van der Waals surface area contributed by atoms with E-state index in [0.29, 0.717) is 0 Å². The van der Waals surface area contributed by atoms with Gasteiger partial charge in [-0.2, -0.15) is 74.6 Å². The first-order chi connectivity index (χ1) is 20.6. The van der Waals surface area contributed by atoms with Gasteiger partial charge in [0, 0.05) is 18.6 Å². The van der Waals surface area contributed by atoms with Crippen molar-refractivity contribution in [3.8, 4) is 0 Å². The van der Waals surface area contributed by atoms with Gasteiger partial charge in [0.25, 0.3) is 0 Å². The Labute approximate surface area is 260 Å². The third-order valence-corrected chi connectivity index (χ3v) is 13.4. The van der Waals surface area contributed by atoms with E-state index in [9.17, 15) is 79.4 Å². The molecule has 0 rings (SSSR count). The van der Waals surface area contributed by atoms with Crippen LogP contribution in [0.15, 0.2) is 11.6 Å². The quantitative estimate of drug-likeness (QED) is 0.0607. The van der Waals surface area contributed by atoms with E-state index < -0.39 is 91.4 Å². The lowest BCUT2D eigenvalue weighted by Gasteiger charge is -2.44. The molecular weight excluding hydrogens is 711 g/mol. The van der Waals surface area contributed by atoms with Crippen molar-refractivity contribution in [3.63, 3.8) is 0 Å². The molecule has 0 heterocycles. The highest BCUT2D eigenvalue weighted by atomic mass is 28.4. The van der Waals surface area contributed by atoms with Crippen LogP contribution in [-0.4, -0.2) is 75.1 Å². The van der Waals surface area contributed by atoms with Gasteiger partial charge in [-0.05, 0) is 43.3 Å². The first-order valence-corrected chi connectivity index (χ1v) is 16.1. The second-order valence-corrected chi connectivity index (χ2v) is 16.5. The molecule has 0 N–H and O–H groups in total. The normalized spacial score (nSPS) is 16.3. The predicted octanol–water partition coefficient (Wildman–Crippen LogP) is 10.7. The van der Waals surface area contributed by atoms with Crippen molar-refractivity contribution < 1.29 is 88.6 Å². The summed E-state index contributed by atoms with van der Waals surface area (Å²) in [6.45, 7) is 9.48. The maximum Gasteiger partial charge on any atom is 0.460 e. The lowest BCUT2D eigenvalue weighted by Crippen LogP contribution is -2.74. The third-order valence-electron chi connectivity index (χ3n) is 7.74. The Morgan fingerprint density at radius 3 is 1.38 bits per heavy atom. The topological polar surface area (TPSA) is 35.5 Å². The van der Waals surface area contributed by atoms with Gasteiger partial charge in [0.1, 0.15) is 0 Å². The van der Waals surface area contributed by atoms with Gasteiger partial charge in [0.15, 0.2) is 8.32 Å². The van der Waals surface area contributed by atoms with Crippen LogP contribution in [0.1, 0.15) is 61.3 Å². The van der Waals surface area contributed by atoms with E-state index in [1.54, 1.807) is 6.92 Å². The summed E-state index contributed by atoms with van der Waals surface area (Å²) < 4.78 is 244. The zero-order chi connectivity index (χ0) is 38.0. The molecule has 0 aromatic heterocycles. The molecule has 21 heteroatoms. The van der Waals surface area contributed by atoms with Crippen molar-refractivity contribution in [2.75, 3.05) is 13.2 Å². The Kier molecular flexibility index (Phi) is 14.0. The molecule has 0 aromatic carbocycles. The van der Waals surface area contributed by atoms with Gasteiger partial charge in [-0.1, -0.05) is 40.7 Å². The van der Waals surface area contributed by atoms with Crippen LogP contribution in [0.5, 0.6) is 0 Å². The lowest BCUT2D eigenvalue weighted by molar-refractivity contribution is -0.461. The molecule has 0 aromatic rings. The average molecular weight is 747 g/mol. The molecule has 0 saturated heterocycles. The van der Waals surface area contributed by atoms with Gasteiger partial charge in [-0.3, -0.25) is 0 Å². The fourth-order valence-corrected chi connectivity index (χ4v) is 9.10. The number of hydrogen-bond donors (Lipinski definition) is 0. The zero-order valence-electron chi connectivity index (χ0n) is 26.0. The molecule has 0 saturated carbocycles. The van der Waals surface area contributed by atoms with Crippen molar-refractivity contribution in [1.82, 2.24) is 0 Å². The summed E-state index contributed by atoms with van der Waals surface area (Å²) in [6.07, 6.45) is -8.71. The molecule has 0 aliphatic heterocycles. The third kappa shape index (κ3) is 8.00. The Balaban J connectivity index is 6.67. The van der Waals surface area contributed by atoms with E-state index in [1.807, 2.05) is 0 Å². The van der Waals surface area contributed by atoms with Crippen LogP contribution < -0.4 is 0 Å². The van der Waals surface area contributed by atoms with Gasteiger partial charge in [0.2, 0.25) is 0 Å². The number of carbonyl (C=O) groups is 1. The molecule has 0 fully saturated rings. The SMILES string of the molecule is CCOC(=O)/C(C)=C/[C@H](CC)CO[Si](CCC(F)(F)C(F)(F)C(F)(F)C(F)(F)C(F)(F)C(F)(F)C(F)(F)C(F)(F)F)(C(C)C)C(C)C. The highest BCUT2D eigenvalue weighted by Gasteiger charge is 2.95. The molecule has 0 aliphatic carbocycles. The highest BCUT2D eigenvalue weighted by Crippen LogP contribution is 2.64. The molecule has 0 bridgehead atoms. The van der Waals surface area contributed by atoms with Crippen molar-refractivity contribution >= 4 is 14.3 Å². The van der Waals surface area contributed by atoms with E-state index >= 15 is 0 Å². The molecule has 0 unspecified atom stereocenters. The summed E-state index contributed by atoms with van der Waals surface area (Å²) >= 11 is 0. The summed E-state index contributed by atoms with van der Waals surface area (Å²) in [5.41, 5.74) is -1.56. The van der Waals surface area contributed by atoms with E-state index in [0.717, 1.165) is 0 Å². The van der Waals surface area contributed by atoms with Gasteiger partial charge in [-0.25, -0.2) is 4.79 Å². The van der Waals surface area contributed by atoms with E-state index in [-0.39, 0.29) is 25.2 Å². The maximum atomic E-state index is 14.8. The van der Waals surface area contributed by atoms with Crippen LogP contribution in [0.3, 0.4) is 0 Å². The molecule has 47 heavy (non-hydrogen) atoms. The number of rotatable bonds is 18. The molecule has 0 spiro atoms. The second-order valence-electron chi connectivity index (χ2n) is 11.5. The molecular formula is C26H35F17O3Si. The first-order valence-electron chi connectivity index (χ1n) is 13.8. The molecule has 0 aliphatic rings. The van der Waals surface area contributed by atoms with E-state index in [1.165, 1.54) is 47.6 Å². The van der Waals surface area contributed by atoms with Crippen LogP contribution in [0.25, 0.3) is 0 Å². The minimum absolute atomic E-state index is 0.0119. The van der Waals surface area contributed by atoms with Crippen LogP contribution >= 0.6 is 0 Å². The maximum absolute atomic E-state index is 14.8. The summed E-state index contributed by atoms with van der Waals surface area (Å²) in [7, 11) is -3.91. The largest absolute Gasteiger partial charge is 0.463 e. The standard InChI is InChI=1S/C26H35F17O3Si/c1-8-17(12-16(7)18(44)45-9-2)13-46-47(14(3)4,15(5)6)11-10-19(27,28)20(29,30)21(31,32)22(33,34)23(35,36)24(37,38)25(39,40)26(41,42)43/h12,14-15,17H,8-11,13H2,1-7H3/b16-12+/t17-/m0/s1. The average Bonchev–Trinajstić information content (AvgIpc) is 2.90. The second kappa shape index (κ2) is 14.6. The van der Waals surface area contributed by atoms with Gasteiger partial charge >= 0.3 is 53.6 Å². The molecule has 1 atom stereocenters. The lowest BCUT2D eigenvalue weighted by atomic mass is 9.88. The first kappa shape index (κ1) is 45.2. The monoisotopic (exact) mass is 746 g/mol.